The lowest BCUT2D eigenvalue weighted by molar-refractivity contribution is 0.102. The summed E-state index contributed by atoms with van der Waals surface area (Å²) >= 11 is 1.30. The molecule has 3 aromatic carbocycles. The molecule has 0 unspecified atom stereocenters. The molecule has 0 fully saturated rings. The molecule has 0 aliphatic rings. The van der Waals surface area contributed by atoms with Gasteiger partial charge in [-0.3, -0.25) is 10.1 Å². The number of nitrogens with one attached hydrogen (secondary N) is 1. The van der Waals surface area contributed by atoms with Gasteiger partial charge in [0.1, 0.15) is 24.0 Å². The molecular formula is C25H19FN4O2S. The van der Waals surface area contributed by atoms with Crippen molar-refractivity contribution in [3.05, 3.63) is 102 Å². The van der Waals surface area contributed by atoms with E-state index in [-0.39, 0.29) is 11.7 Å². The number of halogens is 1. The number of hydrogen-bond donors (Lipinski definition) is 1. The summed E-state index contributed by atoms with van der Waals surface area (Å²) in [5.41, 5.74) is 2.89. The molecule has 5 rings (SSSR count). The van der Waals surface area contributed by atoms with Gasteiger partial charge < -0.3 is 9.30 Å². The molecule has 0 spiro atoms. The van der Waals surface area contributed by atoms with Gasteiger partial charge in [-0.15, -0.1) is 0 Å². The molecule has 0 bridgehead atoms. The fourth-order valence-corrected chi connectivity index (χ4v) is 4.29. The summed E-state index contributed by atoms with van der Waals surface area (Å²) in [7, 11) is 0. The molecule has 2 heterocycles. The van der Waals surface area contributed by atoms with Crippen LogP contribution in [-0.2, 0) is 6.61 Å². The van der Waals surface area contributed by atoms with Crippen molar-refractivity contribution in [3.63, 3.8) is 0 Å². The summed E-state index contributed by atoms with van der Waals surface area (Å²) in [5, 5.41) is 3.22. The van der Waals surface area contributed by atoms with Gasteiger partial charge in [-0.05, 0) is 61.0 Å². The number of fused-ring (bicyclic) bond motifs is 1. The Balaban J connectivity index is 1.24. The Morgan fingerprint density at radius 1 is 1.12 bits per heavy atom. The van der Waals surface area contributed by atoms with Crippen molar-refractivity contribution in [1.82, 2.24) is 14.5 Å². The molecule has 33 heavy (non-hydrogen) atoms. The van der Waals surface area contributed by atoms with E-state index in [9.17, 15) is 9.18 Å². The largest absolute Gasteiger partial charge is 0.489 e. The van der Waals surface area contributed by atoms with E-state index < -0.39 is 0 Å². The lowest BCUT2D eigenvalue weighted by Gasteiger charge is -2.10. The van der Waals surface area contributed by atoms with E-state index in [1.165, 1.54) is 23.5 Å². The maximum Gasteiger partial charge on any atom is 0.257 e. The summed E-state index contributed by atoms with van der Waals surface area (Å²) in [6, 6.07) is 19.4. The first-order valence-electron chi connectivity index (χ1n) is 10.2. The number of aryl methyl sites for hydroxylation is 1. The van der Waals surface area contributed by atoms with Crippen LogP contribution in [0.5, 0.6) is 5.75 Å². The van der Waals surface area contributed by atoms with E-state index in [0.717, 1.165) is 27.5 Å². The lowest BCUT2D eigenvalue weighted by Crippen LogP contribution is -2.12. The molecule has 0 saturated heterocycles. The second kappa shape index (κ2) is 8.84. The Kier molecular flexibility index (Phi) is 5.58. The maximum atomic E-state index is 13.4. The summed E-state index contributed by atoms with van der Waals surface area (Å²) in [4.78, 5) is 21.2. The number of rotatable bonds is 6. The van der Waals surface area contributed by atoms with Crippen LogP contribution in [0.1, 0.15) is 21.7 Å². The quantitative estimate of drug-likeness (QED) is 0.351. The van der Waals surface area contributed by atoms with E-state index in [4.69, 9.17) is 4.74 Å². The Morgan fingerprint density at radius 3 is 2.76 bits per heavy atom. The molecule has 5 aromatic rings. The van der Waals surface area contributed by atoms with Gasteiger partial charge in [-0.25, -0.2) is 14.4 Å². The third-order valence-electron chi connectivity index (χ3n) is 5.11. The monoisotopic (exact) mass is 458 g/mol. The Bertz CT molecular complexity index is 1440. The fourth-order valence-electron chi connectivity index (χ4n) is 3.45. The van der Waals surface area contributed by atoms with Crippen molar-refractivity contribution in [1.29, 1.82) is 0 Å². The highest BCUT2D eigenvalue weighted by Gasteiger charge is 2.11. The molecular weight excluding hydrogens is 439 g/mol. The second-order valence-corrected chi connectivity index (χ2v) is 8.44. The zero-order valence-corrected chi connectivity index (χ0v) is 18.5. The standard InChI is InChI=1S/C25H19FN4O2S/c1-16-27-11-12-30(16)20-6-8-21(9-7-20)32-15-17-3-2-4-18(13-17)24(31)29-25-28-22-14-19(26)5-10-23(22)33-25/h2-14H,15H2,1H3,(H,28,29,31). The number of amides is 1. The molecule has 0 aliphatic heterocycles. The topological polar surface area (TPSA) is 69.0 Å². The number of nitrogens with zero attached hydrogens (tertiary/aromatic N) is 3. The van der Waals surface area contributed by atoms with E-state index in [0.29, 0.717) is 22.8 Å². The minimum atomic E-state index is -0.357. The molecule has 1 amide bonds. The number of carbonyl (C=O) groups excluding carboxylic acids is 1. The van der Waals surface area contributed by atoms with Gasteiger partial charge in [0.15, 0.2) is 5.13 Å². The van der Waals surface area contributed by atoms with E-state index >= 15 is 0 Å². The smallest absolute Gasteiger partial charge is 0.257 e. The van der Waals surface area contributed by atoms with Crippen molar-refractivity contribution < 1.29 is 13.9 Å². The van der Waals surface area contributed by atoms with E-state index in [1.54, 1.807) is 24.4 Å². The normalized spacial score (nSPS) is 11.0. The third-order valence-corrected chi connectivity index (χ3v) is 6.06. The molecule has 0 atom stereocenters. The van der Waals surface area contributed by atoms with Crippen LogP contribution >= 0.6 is 11.3 Å². The number of carbonyl (C=O) groups is 1. The van der Waals surface area contributed by atoms with Gasteiger partial charge in [0.2, 0.25) is 0 Å². The first kappa shape index (κ1) is 20.8. The van der Waals surface area contributed by atoms with Gasteiger partial charge in [-0.1, -0.05) is 23.5 Å². The van der Waals surface area contributed by atoms with Crippen LogP contribution in [-0.4, -0.2) is 20.4 Å². The van der Waals surface area contributed by atoms with Crippen LogP contribution in [0, 0.1) is 12.7 Å². The number of ether oxygens (including phenoxy) is 1. The van der Waals surface area contributed by atoms with Gasteiger partial charge in [-0.2, -0.15) is 0 Å². The third kappa shape index (κ3) is 4.61. The summed E-state index contributed by atoms with van der Waals surface area (Å²) in [5.74, 6) is 1.01. The lowest BCUT2D eigenvalue weighted by atomic mass is 10.1. The van der Waals surface area contributed by atoms with Gasteiger partial charge in [0.05, 0.1) is 10.2 Å². The zero-order chi connectivity index (χ0) is 22.8. The van der Waals surface area contributed by atoms with Gasteiger partial charge in [0, 0.05) is 29.7 Å². The number of hydrogen-bond acceptors (Lipinski definition) is 5. The number of anilines is 1. The van der Waals surface area contributed by atoms with E-state index in [2.05, 4.69) is 15.3 Å². The zero-order valence-electron chi connectivity index (χ0n) is 17.7. The minimum Gasteiger partial charge on any atom is -0.489 e. The first-order chi connectivity index (χ1) is 16.0. The minimum absolute atomic E-state index is 0.281. The summed E-state index contributed by atoms with van der Waals surface area (Å²) < 4.78 is 22.1. The van der Waals surface area contributed by atoms with Gasteiger partial charge >= 0.3 is 0 Å². The van der Waals surface area contributed by atoms with Crippen LogP contribution < -0.4 is 10.1 Å². The van der Waals surface area contributed by atoms with Crippen molar-refractivity contribution in [3.8, 4) is 11.4 Å². The number of aromatic nitrogens is 3. The van der Waals surface area contributed by atoms with Crippen LogP contribution in [0.3, 0.4) is 0 Å². The van der Waals surface area contributed by atoms with Crippen molar-refractivity contribution in [2.24, 2.45) is 0 Å². The molecule has 0 saturated carbocycles. The average Bonchev–Trinajstić information content (AvgIpc) is 3.43. The van der Waals surface area contributed by atoms with Crippen molar-refractivity contribution >= 4 is 32.6 Å². The highest BCUT2D eigenvalue weighted by Crippen LogP contribution is 2.27. The summed E-state index contributed by atoms with van der Waals surface area (Å²) in [6.45, 7) is 2.27. The molecule has 1 N–H and O–H groups in total. The predicted molar refractivity (Wildman–Crippen MR) is 127 cm³/mol. The SMILES string of the molecule is Cc1nccn1-c1ccc(OCc2cccc(C(=O)Nc3nc4cc(F)ccc4s3)c2)cc1. The second-order valence-electron chi connectivity index (χ2n) is 7.41. The van der Waals surface area contributed by atoms with Gasteiger partial charge in [0.25, 0.3) is 5.91 Å². The van der Waals surface area contributed by atoms with Crippen LogP contribution in [0.15, 0.2) is 79.1 Å². The molecule has 8 heteroatoms. The fraction of sp³-hybridized carbons (Fsp3) is 0.0800. The van der Waals surface area contributed by atoms with Crippen LogP contribution in [0.4, 0.5) is 9.52 Å². The highest BCUT2D eigenvalue weighted by molar-refractivity contribution is 7.22. The molecule has 2 aromatic heterocycles. The molecule has 0 aliphatic carbocycles. The highest BCUT2D eigenvalue weighted by atomic mass is 32.1. The molecule has 6 nitrogen and oxygen atoms in total. The number of thiazole rings is 1. The number of imidazole rings is 1. The van der Waals surface area contributed by atoms with Crippen LogP contribution in [0.2, 0.25) is 0 Å². The molecule has 0 radical (unpaired) electrons. The Morgan fingerprint density at radius 2 is 1.97 bits per heavy atom. The Labute approximate surface area is 193 Å². The Hall–Kier alpha value is -4.04. The first-order valence-corrected chi connectivity index (χ1v) is 11.1. The van der Waals surface area contributed by atoms with E-state index in [1.807, 2.05) is 54.1 Å². The van der Waals surface area contributed by atoms with Crippen molar-refractivity contribution in [2.45, 2.75) is 13.5 Å². The maximum absolute atomic E-state index is 13.4. The predicted octanol–water partition coefficient (Wildman–Crippen LogP) is 5.76. The summed E-state index contributed by atoms with van der Waals surface area (Å²) in [6.07, 6.45) is 3.67. The molecule has 164 valence electrons. The average molecular weight is 459 g/mol. The van der Waals surface area contributed by atoms with Crippen molar-refractivity contribution in [2.75, 3.05) is 5.32 Å². The van der Waals surface area contributed by atoms with Crippen LogP contribution in [0.25, 0.3) is 15.9 Å². The number of benzene rings is 3.